The molecule has 0 fully saturated rings. The van der Waals surface area contributed by atoms with E-state index in [2.05, 4.69) is 9.97 Å². The number of hydrogen-bond acceptors (Lipinski definition) is 6. The normalized spacial score (nSPS) is 11.5. The summed E-state index contributed by atoms with van der Waals surface area (Å²) < 4.78 is 45.5. The molecular formula is C15H16F3N5O. The lowest BCUT2D eigenvalue weighted by molar-refractivity contribution is 0.318. The molecule has 1 heterocycles. The summed E-state index contributed by atoms with van der Waals surface area (Å²) in [5.41, 5.74) is 5.79. The van der Waals surface area contributed by atoms with Crippen molar-refractivity contribution < 1.29 is 17.9 Å². The molecule has 0 aliphatic rings. The molecule has 0 saturated carbocycles. The number of ether oxygens (including phenoxy) is 1. The minimum atomic E-state index is -0.792. The van der Waals surface area contributed by atoms with Crippen molar-refractivity contribution in [2.45, 2.75) is 13.8 Å². The monoisotopic (exact) mass is 339 g/mol. The zero-order valence-corrected chi connectivity index (χ0v) is 13.1. The van der Waals surface area contributed by atoms with Gasteiger partial charge in [0.15, 0.2) is 11.6 Å². The summed E-state index contributed by atoms with van der Waals surface area (Å²) in [6.07, 6.45) is 2.19. The molecule has 0 spiro atoms. The third kappa shape index (κ3) is 3.93. The minimum Gasteiger partial charge on any atom is -0.457 e. The van der Waals surface area contributed by atoms with Crippen molar-refractivity contribution in [1.29, 1.82) is 0 Å². The minimum absolute atomic E-state index is 0.0503. The molecule has 0 unspecified atom stereocenters. The van der Waals surface area contributed by atoms with Crippen molar-refractivity contribution in [3.05, 3.63) is 58.9 Å². The van der Waals surface area contributed by atoms with Crippen LogP contribution in [0.5, 0.6) is 6.01 Å². The van der Waals surface area contributed by atoms with Gasteiger partial charge in [0.25, 0.3) is 0 Å². The summed E-state index contributed by atoms with van der Waals surface area (Å²) in [4.78, 5) is 7.43. The van der Waals surface area contributed by atoms with Crippen LogP contribution in [0.15, 0.2) is 30.2 Å². The third-order valence-corrected chi connectivity index (χ3v) is 3.15. The van der Waals surface area contributed by atoms with Gasteiger partial charge in [-0.05, 0) is 26.0 Å². The zero-order chi connectivity index (χ0) is 17.9. The highest BCUT2D eigenvalue weighted by Gasteiger charge is 2.13. The molecule has 0 saturated heterocycles. The van der Waals surface area contributed by atoms with Gasteiger partial charge in [-0.1, -0.05) is 0 Å². The third-order valence-electron chi connectivity index (χ3n) is 3.15. The SMILES string of the molecule is Cc1nc(OC/C(N)=C/N(N)c2ccc(F)c(C)c2F)ncc1F. The Kier molecular flexibility index (Phi) is 5.24. The highest BCUT2D eigenvalue weighted by atomic mass is 19.1. The Labute approximate surface area is 136 Å². The van der Waals surface area contributed by atoms with E-state index in [1.807, 2.05) is 0 Å². The van der Waals surface area contributed by atoms with Crippen LogP contribution in [0.3, 0.4) is 0 Å². The van der Waals surface area contributed by atoms with Gasteiger partial charge in [-0.3, -0.25) is 5.01 Å². The van der Waals surface area contributed by atoms with Crippen molar-refractivity contribution in [2.75, 3.05) is 11.6 Å². The molecular weight excluding hydrogens is 323 g/mol. The van der Waals surface area contributed by atoms with Gasteiger partial charge in [0.1, 0.15) is 12.4 Å². The summed E-state index contributed by atoms with van der Waals surface area (Å²) in [5.74, 6) is 3.69. The maximum atomic E-state index is 14.0. The lowest BCUT2D eigenvalue weighted by Gasteiger charge is -2.17. The van der Waals surface area contributed by atoms with Gasteiger partial charge in [0.2, 0.25) is 0 Å². The summed E-state index contributed by atoms with van der Waals surface area (Å²) in [6, 6.07) is 2.23. The molecule has 2 rings (SSSR count). The van der Waals surface area contributed by atoms with Crippen LogP contribution in [0, 0.1) is 31.3 Å². The number of aryl methyl sites for hydroxylation is 1. The standard InChI is InChI=1S/C15H16F3N5O/c1-8-11(16)3-4-13(14(8)18)23(20)6-10(19)7-24-15-21-5-12(17)9(2)22-15/h3-6H,7,19-20H2,1-2H3/b10-6-. The van der Waals surface area contributed by atoms with E-state index in [9.17, 15) is 13.2 Å². The Morgan fingerprint density at radius 1 is 1.25 bits per heavy atom. The van der Waals surface area contributed by atoms with Crippen molar-refractivity contribution in [2.24, 2.45) is 11.6 Å². The van der Waals surface area contributed by atoms with Crippen molar-refractivity contribution in [3.63, 3.8) is 0 Å². The van der Waals surface area contributed by atoms with Gasteiger partial charge >= 0.3 is 6.01 Å². The van der Waals surface area contributed by atoms with E-state index in [-0.39, 0.29) is 35.3 Å². The van der Waals surface area contributed by atoms with Crippen LogP contribution >= 0.6 is 0 Å². The Hall–Kier alpha value is -2.81. The summed E-state index contributed by atoms with van der Waals surface area (Å²) in [5, 5.41) is 0.914. The summed E-state index contributed by atoms with van der Waals surface area (Å²) in [6.45, 7) is 2.61. The molecule has 4 N–H and O–H groups in total. The molecule has 0 amide bonds. The average molecular weight is 339 g/mol. The Morgan fingerprint density at radius 3 is 2.62 bits per heavy atom. The molecule has 0 aliphatic heterocycles. The molecule has 2 aromatic rings. The first-order valence-corrected chi connectivity index (χ1v) is 6.86. The number of benzene rings is 1. The van der Waals surface area contributed by atoms with Gasteiger partial charge in [-0.25, -0.2) is 24.0 Å². The molecule has 0 atom stereocenters. The predicted octanol–water partition coefficient (Wildman–Crippen LogP) is 2.07. The van der Waals surface area contributed by atoms with E-state index < -0.39 is 17.5 Å². The van der Waals surface area contributed by atoms with E-state index >= 15 is 0 Å². The second-order valence-corrected chi connectivity index (χ2v) is 4.99. The molecule has 128 valence electrons. The first-order valence-electron chi connectivity index (χ1n) is 6.86. The van der Waals surface area contributed by atoms with Crippen LogP contribution in [-0.4, -0.2) is 16.6 Å². The van der Waals surface area contributed by atoms with E-state index in [0.29, 0.717) is 0 Å². The first-order chi connectivity index (χ1) is 11.3. The number of anilines is 1. The Morgan fingerprint density at radius 2 is 1.96 bits per heavy atom. The van der Waals surface area contributed by atoms with Crippen LogP contribution in [-0.2, 0) is 0 Å². The van der Waals surface area contributed by atoms with Gasteiger partial charge < -0.3 is 10.5 Å². The Bertz CT molecular complexity index is 782. The second-order valence-electron chi connectivity index (χ2n) is 4.99. The topological polar surface area (TPSA) is 90.3 Å². The molecule has 9 heteroatoms. The summed E-state index contributed by atoms with van der Waals surface area (Å²) >= 11 is 0. The van der Waals surface area contributed by atoms with E-state index in [1.165, 1.54) is 26.1 Å². The lowest BCUT2D eigenvalue weighted by Crippen LogP contribution is -2.28. The maximum absolute atomic E-state index is 14.0. The molecule has 24 heavy (non-hydrogen) atoms. The molecule has 0 aliphatic carbocycles. The number of halogens is 3. The maximum Gasteiger partial charge on any atom is 0.317 e. The number of rotatable bonds is 5. The second kappa shape index (κ2) is 7.18. The number of nitrogens with two attached hydrogens (primary N) is 2. The van der Waals surface area contributed by atoms with Crippen molar-refractivity contribution in [3.8, 4) is 6.01 Å². The number of aromatic nitrogens is 2. The molecule has 0 bridgehead atoms. The van der Waals surface area contributed by atoms with Crippen LogP contribution in [0.4, 0.5) is 18.9 Å². The first kappa shape index (κ1) is 17.5. The molecule has 0 radical (unpaired) electrons. The lowest BCUT2D eigenvalue weighted by atomic mass is 10.2. The number of hydrazine groups is 1. The fourth-order valence-corrected chi connectivity index (χ4v) is 1.78. The summed E-state index contributed by atoms with van der Waals surface area (Å²) in [7, 11) is 0. The molecule has 6 nitrogen and oxygen atoms in total. The van der Waals surface area contributed by atoms with Crippen LogP contribution in [0.1, 0.15) is 11.3 Å². The Balaban J connectivity index is 2.07. The smallest absolute Gasteiger partial charge is 0.317 e. The largest absolute Gasteiger partial charge is 0.457 e. The predicted molar refractivity (Wildman–Crippen MR) is 82.3 cm³/mol. The van der Waals surface area contributed by atoms with Crippen LogP contribution in [0.25, 0.3) is 0 Å². The van der Waals surface area contributed by atoms with Gasteiger partial charge in [-0.15, -0.1) is 0 Å². The highest BCUT2D eigenvalue weighted by Crippen LogP contribution is 2.22. The van der Waals surface area contributed by atoms with Gasteiger partial charge in [0, 0.05) is 11.8 Å². The van der Waals surface area contributed by atoms with E-state index in [4.69, 9.17) is 16.3 Å². The fourth-order valence-electron chi connectivity index (χ4n) is 1.78. The zero-order valence-electron chi connectivity index (χ0n) is 13.1. The van der Waals surface area contributed by atoms with Gasteiger partial charge in [-0.2, -0.15) is 4.98 Å². The highest BCUT2D eigenvalue weighted by molar-refractivity contribution is 5.51. The van der Waals surface area contributed by atoms with E-state index in [1.54, 1.807) is 0 Å². The van der Waals surface area contributed by atoms with Crippen LogP contribution < -0.4 is 21.3 Å². The molecule has 1 aromatic heterocycles. The van der Waals surface area contributed by atoms with Crippen molar-refractivity contribution >= 4 is 5.69 Å². The van der Waals surface area contributed by atoms with Gasteiger partial charge in [0.05, 0.1) is 23.3 Å². The average Bonchev–Trinajstić information content (AvgIpc) is 2.53. The van der Waals surface area contributed by atoms with E-state index in [0.717, 1.165) is 17.3 Å². The number of nitrogens with zero attached hydrogens (tertiary/aromatic N) is 3. The molecule has 1 aromatic carbocycles. The quantitative estimate of drug-likeness (QED) is 0.640. The van der Waals surface area contributed by atoms with Crippen molar-refractivity contribution in [1.82, 2.24) is 9.97 Å². The number of hydrogen-bond donors (Lipinski definition) is 2. The van der Waals surface area contributed by atoms with Crippen LogP contribution in [0.2, 0.25) is 0 Å². The fraction of sp³-hybridized carbons (Fsp3) is 0.200.